The van der Waals surface area contributed by atoms with E-state index in [2.05, 4.69) is 12.2 Å². The summed E-state index contributed by atoms with van der Waals surface area (Å²) < 4.78 is 0. The fourth-order valence-corrected chi connectivity index (χ4v) is 2.67. The molecular formula is C17H24N2O2. The molecule has 1 aliphatic rings. The molecule has 4 heteroatoms. The normalized spacial score (nSPS) is 19.6. The van der Waals surface area contributed by atoms with Gasteiger partial charge in [-0.3, -0.25) is 9.59 Å². The first-order valence-corrected chi connectivity index (χ1v) is 7.75. The second-order valence-electron chi connectivity index (χ2n) is 5.74. The van der Waals surface area contributed by atoms with Crippen molar-refractivity contribution in [2.24, 2.45) is 5.92 Å². The number of nitrogens with zero attached hydrogens (tertiary/aromatic N) is 1. The number of hydrogen-bond acceptors (Lipinski definition) is 2. The van der Waals surface area contributed by atoms with Crippen LogP contribution in [0.1, 0.15) is 44.7 Å². The fourth-order valence-electron chi connectivity index (χ4n) is 2.67. The average molecular weight is 288 g/mol. The first kappa shape index (κ1) is 15.5. The topological polar surface area (TPSA) is 49.4 Å². The Bertz CT molecular complexity index is 487. The van der Waals surface area contributed by atoms with Crippen LogP contribution in [0.4, 0.5) is 0 Å². The molecule has 0 aliphatic carbocycles. The average Bonchev–Trinajstić information content (AvgIpc) is 2.87. The number of rotatable bonds is 6. The molecule has 0 unspecified atom stereocenters. The van der Waals surface area contributed by atoms with E-state index in [1.807, 2.05) is 42.2 Å². The molecule has 0 radical (unpaired) electrons. The Morgan fingerprint density at radius 1 is 1.38 bits per heavy atom. The van der Waals surface area contributed by atoms with Crippen LogP contribution in [-0.2, 0) is 9.59 Å². The van der Waals surface area contributed by atoms with Crippen LogP contribution in [0.5, 0.6) is 0 Å². The third-order valence-corrected chi connectivity index (χ3v) is 4.03. The molecule has 1 heterocycles. The Balaban J connectivity index is 1.88. The highest BCUT2D eigenvalue weighted by molar-refractivity contribution is 5.89. The summed E-state index contributed by atoms with van der Waals surface area (Å²) in [5.74, 6) is -0.116. The minimum atomic E-state index is -0.208. The molecular weight excluding hydrogens is 264 g/mol. The number of carbonyl (C=O) groups excluding carboxylic acids is 2. The second kappa shape index (κ2) is 7.25. The van der Waals surface area contributed by atoms with Crippen LogP contribution in [0.15, 0.2) is 30.3 Å². The lowest BCUT2D eigenvalue weighted by atomic mass is 10.1. The monoisotopic (exact) mass is 288 g/mol. The van der Waals surface area contributed by atoms with Gasteiger partial charge in [-0.25, -0.2) is 0 Å². The number of benzene rings is 1. The van der Waals surface area contributed by atoms with Gasteiger partial charge in [0.05, 0.1) is 12.0 Å². The van der Waals surface area contributed by atoms with E-state index in [9.17, 15) is 9.59 Å². The highest BCUT2D eigenvalue weighted by Gasteiger charge is 2.34. The van der Waals surface area contributed by atoms with Gasteiger partial charge < -0.3 is 10.2 Å². The molecule has 1 fully saturated rings. The largest absolute Gasteiger partial charge is 0.349 e. The summed E-state index contributed by atoms with van der Waals surface area (Å²) >= 11 is 0. The van der Waals surface area contributed by atoms with Crippen LogP contribution in [-0.4, -0.2) is 29.8 Å². The Morgan fingerprint density at radius 2 is 2.10 bits per heavy atom. The predicted molar refractivity (Wildman–Crippen MR) is 82.6 cm³/mol. The zero-order valence-electron chi connectivity index (χ0n) is 12.8. The van der Waals surface area contributed by atoms with E-state index in [4.69, 9.17) is 0 Å². The van der Waals surface area contributed by atoms with Crippen LogP contribution in [0.25, 0.3) is 0 Å². The first-order chi connectivity index (χ1) is 10.1. The highest BCUT2D eigenvalue weighted by atomic mass is 16.2. The maximum absolute atomic E-state index is 12.3. The van der Waals surface area contributed by atoms with Gasteiger partial charge in [0.15, 0.2) is 0 Å². The number of nitrogens with one attached hydrogen (secondary N) is 1. The van der Waals surface area contributed by atoms with Crippen LogP contribution in [0, 0.1) is 5.92 Å². The highest BCUT2D eigenvalue weighted by Crippen LogP contribution is 2.20. The first-order valence-electron chi connectivity index (χ1n) is 7.75. The summed E-state index contributed by atoms with van der Waals surface area (Å²) in [5, 5.41) is 3.02. The Labute approximate surface area is 126 Å². The summed E-state index contributed by atoms with van der Waals surface area (Å²) in [4.78, 5) is 26.0. The van der Waals surface area contributed by atoms with E-state index in [0.717, 1.165) is 24.9 Å². The molecule has 0 aromatic heterocycles. The van der Waals surface area contributed by atoms with E-state index in [0.29, 0.717) is 13.0 Å². The number of likely N-dealkylation sites (tertiary alicyclic amines) is 1. The smallest absolute Gasteiger partial charge is 0.225 e. The molecule has 1 saturated heterocycles. The zero-order chi connectivity index (χ0) is 15.2. The standard InChI is InChI=1S/C17H24N2O2/c1-3-4-10-19-12-15(11-16(19)20)17(21)18-13(2)14-8-6-5-7-9-14/h5-9,13,15H,3-4,10-12H2,1-2H3,(H,18,21)/t13-,15-/m1/s1. The minimum absolute atomic E-state index is 0.0151. The van der Waals surface area contributed by atoms with Crippen molar-refractivity contribution in [3.05, 3.63) is 35.9 Å². The van der Waals surface area contributed by atoms with Gasteiger partial charge in [-0.15, -0.1) is 0 Å². The van der Waals surface area contributed by atoms with E-state index in [1.54, 1.807) is 0 Å². The van der Waals surface area contributed by atoms with Crippen molar-refractivity contribution in [3.63, 3.8) is 0 Å². The Hall–Kier alpha value is -1.84. The third-order valence-electron chi connectivity index (χ3n) is 4.03. The van der Waals surface area contributed by atoms with Crippen molar-refractivity contribution in [3.8, 4) is 0 Å². The van der Waals surface area contributed by atoms with Crippen LogP contribution in [0.3, 0.4) is 0 Å². The molecule has 2 amide bonds. The van der Waals surface area contributed by atoms with Crippen LogP contribution < -0.4 is 5.32 Å². The molecule has 21 heavy (non-hydrogen) atoms. The molecule has 1 N–H and O–H groups in total. The van der Waals surface area contributed by atoms with Crippen LogP contribution >= 0.6 is 0 Å². The van der Waals surface area contributed by atoms with Crippen LogP contribution in [0.2, 0.25) is 0 Å². The molecule has 1 aromatic carbocycles. The predicted octanol–water partition coefficient (Wildman–Crippen LogP) is 2.51. The molecule has 1 aromatic rings. The minimum Gasteiger partial charge on any atom is -0.349 e. The summed E-state index contributed by atoms with van der Waals surface area (Å²) in [6.07, 6.45) is 2.41. The molecule has 2 rings (SSSR count). The molecule has 0 spiro atoms. The molecule has 0 bridgehead atoms. The molecule has 4 nitrogen and oxygen atoms in total. The van der Waals surface area contributed by atoms with Crippen molar-refractivity contribution in [2.75, 3.05) is 13.1 Å². The number of amides is 2. The van der Waals surface area contributed by atoms with Crippen molar-refractivity contribution in [2.45, 2.75) is 39.2 Å². The number of hydrogen-bond donors (Lipinski definition) is 1. The summed E-state index contributed by atoms with van der Waals surface area (Å²) in [6.45, 7) is 5.41. The van der Waals surface area contributed by atoms with Gasteiger partial charge in [0.1, 0.15) is 0 Å². The van der Waals surface area contributed by atoms with E-state index < -0.39 is 0 Å². The van der Waals surface area contributed by atoms with Crippen molar-refractivity contribution in [1.29, 1.82) is 0 Å². The SMILES string of the molecule is CCCCN1C[C@H](C(=O)N[C@H](C)c2ccccc2)CC1=O. The maximum Gasteiger partial charge on any atom is 0.225 e. The summed E-state index contributed by atoms with van der Waals surface area (Å²) in [7, 11) is 0. The van der Waals surface area contributed by atoms with Gasteiger partial charge in [-0.1, -0.05) is 43.7 Å². The lowest BCUT2D eigenvalue weighted by Crippen LogP contribution is -2.34. The summed E-state index contributed by atoms with van der Waals surface area (Å²) in [6, 6.07) is 9.85. The van der Waals surface area contributed by atoms with Gasteiger partial charge in [-0.05, 0) is 18.9 Å². The molecule has 0 saturated carbocycles. The lowest BCUT2D eigenvalue weighted by molar-refractivity contribution is -0.129. The Kier molecular flexibility index (Phi) is 5.37. The van der Waals surface area contributed by atoms with E-state index in [1.165, 1.54) is 0 Å². The van der Waals surface area contributed by atoms with Crippen molar-refractivity contribution < 1.29 is 9.59 Å². The lowest BCUT2D eigenvalue weighted by Gasteiger charge is -2.18. The number of carbonyl (C=O) groups is 2. The zero-order valence-corrected chi connectivity index (χ0v) is 12.8. The maximum atomic E-state index is 12.3. The molecule has 1 aliphatic heterocycles. The van der Waals surface area contributed by atoms with Gasteiger partial charge in [0.2, 0.25) is 11.8 Å². The second-order valence-corrected chi connectivity index (χ2v) is 5.74. The molecule has 114 valence electrons. The van der Waals surface area contributed by atoms with Crippen molar-refractivity contribution >= 4 is 11.8 Å². The van der Waals surface area contributed by atoms with Gasteiger partial charge in [0, 0.05) is 19.5 Å². The quantitative estimate of drug-likeness (QED) is 0.874. The van der Waals surface area contributed by atoms with E-state index in [-0.39, 0.29) is 23.8 Å². The van der Waals surface area contributed by atoms with E-state index >= 15 is 0 Å². The van der Waals surface area contributed by atoms with Gasteiger partial charge in [0.25, 0.3) is 0 Å². The summed E-state index contributed by atoms with van der Waals surface area (Å²) in [5.41, 5.74) is 1.08. The number of unbranched alkanes of at least 4 members (excludes halogenated alkanes) is 1. The Morgan fingerprint density at radius 3 is 2.76 bits per heavy atom. The van der Waals surface area contributed by atoms with Gasteiger partial charge in [-0.2, -0.15) is 0 Å². The fraction of sp³-hybridized carbons (Fsp3) is 0.529. The van der Waals surface area contributed by atoms with Crippen molar-refractivity contribution in [1.82, 2.24) is 10.2 Å². The van der Waals surface area contributed by atoms with Gasteiger partial charge >= 0.3 is 0 Å². The molecule has 2 atom stereocenters. The third kappa shape index (κ3) is 4.06.